The Morgan fingerprint density at radius 3 is 2.45 bits per heavy atom. The van der Waals surface area contributed by atoms with E-state index >= 15 is 0 Å². The van der Waals surface area contributed by atoms with Crippen LogP contribution in [0.5, 0.6) is 0 Å². The number of hydrogen-bond donors (Lipinski definition) is 1. The molecule has 1 amide bonds. The Labute approximate surface area is 128 Å². The van der Waals surface area contributed by atoms with Crippen molar-refractivity contribution in [1.82, 2.24) is 0 Å². The number of aryl methyl sites for hydroxylation is 1. The molecule has 0 atom stereocenters. The third-order valence-electron chi connectivity index (χ3n) is 2.70. The molecule has 0 bridgehead atoms. The van der Waals surface area contributed by atoms with Gasteiger partial charge in [0.1, 0.15) is 0 Å². The largest absolute Gasteiger partial charge is 0.323 e. The van der Waals surface area contributed by atoms with Gasteiger partial charge in [0.05, 0.1) is 0 Å². The van der Waals surface area contributed by atoms with E-state index < -0.39 is 0 Å². The lowest BCUT2D eigenvalue weighted by atomic mass is 10.2. The first-order valence-corrected chi connectivity index (χ1v) is 6.81. The number of hydrogen-bond acceptors (Lipinski definition) is 1. The van der Waals surface area contributed by atoms with Crippen molar-refractivity contribution in [2.24, 2.45) is 0 Å². The highest BCUT2D eigenvalue weighted by Gasteiger charge is 2.00. The molecule has 0 spiro atoms. The third kappa shape index (κ3) is 4.12. The van der Waals surface area contributed by atoms with Crippen molar-refractivity contribution in [3.63, 3.8) is 0 Å². The number of amides is 1. The number of nitrogens with one attached hydrogen (secondary N) is 1. The molecular weight excluding hydrogens is 293 g/mol. The Balaban J connectivity index is 2.03. The Bertz CT molecular complexity index is 648. The van der Waals surface area contributed by atoms with Crippen LogP contribution >= 0.6 is 23.2 Å². The van der Waals surface area contributed by atoms with Crippen LogP contribution in [-0.2, 0) is 4.79 Å². The summed E-state index contributed by atoms with van der Waals surface area (Å²) in [6.07, 6.45) is 3.09. The summed E-state index contributed by atoms with van der Waals surface area (Å²) in [5, 5.41) is 3.85. The van der Waals surface area contributed by atoms with Crippen molar-refractivity contribution in [3.8, 4) is 0 Å². The molecule has 0 aliphatic heterocycles. The van der Waals surface area contributed by atoms with E-state index in [0.29, 0.717) is 10.0 Å². The van der Waals surface area contributed by atoms with Crippen molar-refractivity contribution in [2.45, 2.75) is 6.92 Å². The lowest BCUT2D eigenvalue weighted by Crippen LogP contribution is -2.07. The predicted octanol–water partition coefficient (Wildman–Crippen LogP) is 4.95. The highest BCUT2D eigenvalue weighted by molar-refractivity contribution is 6.35. The maximum absolute atomic E-state index is 11.8. The molecule has 0 radical (unpaired) electrons. The second kappa shape index (κ2) is 6.60. The summed E-state index contributed by atoms with van der Waals surface area (Å²) in [6.45, 7) is 1.99. The van der Waals surface area contributed by atoms with Crippen LogP contribution in [-0.4, -0.2) is 5.91 Å². The van der Waals surface area contributed by atoms with E-state index in [4.69, 9.17) is 23.2 Å². The molecule has 0 aliphatic rings. The van der Waals surface area contributed by atoms with E-state index in [-0.39, 0.29) is 5.91 Å². The average molecular weight is 306 g/mol. The first-order chi connectivity index (χ1) is 9.54. The summed E-state index contributed by atoms with van der Waals surface area (Å²) in [5.74, 6) is -0.208. The van der Waals surface area contributed by atoms with Gasteiger partial charge in [-0.15, -0.1) is 0 Å². The number of carbonyl (C=O) groups is 1. The van der Waals surface area contributed by atoms with E-state index in [2.05, 4.69) is 5.32 Å². The van der Waals surface area contributed by atoms with Crippen LogP contribution in [0.2, 0.25) is 10.0 Å². The molecule has 0 heterocycles. The second-order valence-corrected chi connectivity index (χ2v) is 5.20. The normalized spacial score (nSPS) is 10.8. The van der Waals surface area contributed by atoms with Crippen LogP contribution in [0.15, 0.2) is 48.5 Å². The minimum Gasteiger partial charge on any atom is -0.323 e. The van der Waals surface area contributed by atoms with Crippen LogP contribution in [0.1, 0.15) is 11.1 Å². The van der Waals surface area contributed by atoms with Crippen molar-refractivity contribution >= 4 is 40.9 Å². The fourth-order valence-corrected chi connectivity index (χ4v) is 2.09. The SMILES string of the molecule is Cc1ccc(NC(=O)/C=C/c2ccc(Cl)cc2Cl)cc1. The molecule has 2 nitrogen and oxygen atoms in total. The van der Waals surface area contributed by atoms with Gasteiger partial charge < -0.3 is 5.32 Å². The summed E-state index contributed by atoms with van der Waals surface area (Å²) in [7, 11) is 0. The third-order valence-corrected chi connectivity index (χ3v) is 3.26. The number of rotatable bonds is 3. The standard InChI is InChI=1S/C16H13Cl2NO/c1-11-2-7-14(8-3-11)19-16(20)9-5-12-4-6-13(17)10-15(12)18/h2-10H,1H3,(H,19,20)/b9-5+. The minimum atomic E-state index is -0.208. The summed E-state index contributed by atoms with van der Waals surface area (Å²) in [5.41, 5.74) is 2.65. The van der Waals surface area contributed by atoms with Gasteiger partial charge in [0.15, 0.2) is 0 Å². The van der Waals surface area contributed by atoms with Gasteiger partial charge in [0, 0.05) is 21.8 Å². The molecule has 20 heavy (non-hydrogen) atoms. The zero-order chi connectivity index (χ0) is 14.5. The monoisotopic (exact) mass is 305 g/mol. The van der Waals surface area contributed by atoms with Crippen molar-refractivity contribution < 1.29 is 4.79 Å². The van der Waals surface area contributed by atoms with Gasteiger partial charge in [-0.2, -0.15) is 0 Å². The van der Waals surface area contributed by atoms with Crippen molar-refractivity contribution in [1.29, 1.82) is 0 Å². The highest BCUT2D eigenvalue weighted by Crippen LogP contribution is 2.22. The van der Waals surface area contributed by atoms with Gasteiger partial charge in [-0.3, -0.25) is 4.79 Å². The Hall–Kier alpha value is -1.77. The number of anilines is 1. The van der Waals surface area contributed by atoms with Crippen LogP contribution in [0.3, 0.4) is 0 Å². The van der Waals surface area contributed by atoms with E-state index in [0.717, 1.165) is 16.8 Å². The Kier molecular flexibility index (Phi) is 4.83. The number of benzene rings is 2. The second-order valence-electron chi connectivity index (χ2n) is 4.35. The first-order valence-electron chi connectivity index (χ1n) is 6.05. The van der Waals surface area contributed by atoms with Gasteiger partial charge in [-0.1, -0.05) is 47.0 Å². The predicted molar refractivity (Wildman–Crippen MR) is 85.3 cm³/mol. The van der Waals surface area contributed by atoms with Gasteiger partial charge in [0.25, 0.3) is 0 Å². The van der Waals surface area contributed by atoms with Crippen molar-refractivity contribution in [3.05, 3.63) is 69.7 Å². The fourth-order valence-electron chi connectivity index (χ4n) is 1.62. The number of halogens is 2. The molecule has 0 saturated heterocycles. The molecule has 2 rings (SSSR count). The lowest BCUT2D eigenvalue weighted by molar-refractivity contribution is -0.111. The maximum Gasteiger partial charge on any atom is 0.248 e. The van der Waals surface area contributed by atoms with Gasteiger partial charge in [-0.25, -0.2) is 0 Å². The van der Waals surface area contributed by atoms with Gasteiger partial charge in [-0.05, 0) is 42.8 Å². The van der Waals surface area contributed by atoms with Crippen LogP contribution in [0, 0.1) is 6.92 Å². The molecule has 0 unspecified atom stereocenters. The van der Waals surface area contributed by atoms with E-state index in [9.17, 15) is 4.79 Å². The van der Waals surface area contributed by atoms with Crippen molar-refractivity contribution in [2.75, 3.05) is 5.32 Å². The average Bonchev–Trinajstić information content (AvgIpc) is 2.40. The smallest absolute Gasteiger partial charge is 0.248 e. The molecule has 0 aromatic heterocycles. The molecule has 0 aliphatic carbocycles. The molecule has 2 aromatic rings. The summed E-state index contributed by atoms with van der Waals surface area (Å²) >= 11 is 11.8. The molecule has 1 N–H and O–H groups in total. The van der Waals surface area contributed by atoms with Crippen LogP contribution in [0.4, 0.5) is 5.69 Å². The molecule has 102 valence electrons. The lowest BCUT2D eigenvalue weighted by Gasteiger charge is -2.02. The topological polar surface area (TPSA) is 29.1 Å². The first kappa shape index (κ1) is 14.6. The van der Waals surface area contributed by atoms with Crippen LogP contribution < -0.4 is 5.32 Å². The quantitative estimate of drug-likeness (QED) is 0.798. The van der Waals surface area contributed by atoms with E-state index in [1.165, 1.54) is 6.08 Å². The zero-order valence-corrected chi connectivity index (χ0v) is 12.4. The van der Waals surface area contributed by atoms with E-state index in [1.807, 2.05) is 31.2 Å². The molecular formula is C16H13Cl2NO. The molecule has 4 heteroatoms. The summed E-state index contributed by atoms with van der Waals surface area (Å²) < 4.78 is 0. The highest BCUT2D eigenvalue weighted by atomic mass is 35.5. The Morgan fingerprint density at radius 1 is 1.10 bits per heavy atom. The molecule has 0 saturated carbocycles. The summed E-state index contributed by atoms with van der Waals surface area (Å²) in [4.78, 5) is 11.8. The van der Waals surface area contributed by atoms with Gasteiger partial charge >= 0.3 is 0 Å². The minimum absolute atomic E-state index is 0.208. The summed E-state index contributed by atoms with van der Waals surface area (Å²) in [6, 6.07) is 12.7. The van der Waals surface area contributed by atoms with E-state index in [1.54, 1.807) is 24.3 Å². The Morgan fingerprint density at radius 2 is 1.80 bits per heavy atom. The van der Waals surface area contributed by atoms with Crippen LogP contribution in [0.25, 0.3) is 6.08 Å². The fraction of sp³-hybridized carbons (Fsp3) is 0.0625. The molecule has 0 fully saturated rings. The molecule has 2 aromatic carbocycles. The van der Waals surface area contributed by atoms with Gasteiger partial charge in [0.2, 0.25) is 5.91 Å². The number of carbonyl (C=O) groups excluding carboxylic acids is 1. The zero-order valence-electron chi connectivity index (χ0n) is 10.9. The maximum atomic E-state index is 11.8.